The van der Waals surface area contributed by atoms with Gasteiger partial charge in [-0.2, -0.15) is 30.3 Å². The van der Waals surface area contributed by atoms with Gasteiger partial charge in [0.1, 0.15) is 35.2 Å². The lowest BCUT2D eigenvalue weighted by atomic mass is 9.93. The average molecular weight is 776 g/mol. The number of nitriles is 1. The number of rotatable bonds is 7. The lowest BCUT2D eigenvalue weighted by Gasteiger charge is -2.25. The Bertz CT molecular complexity index is 3000. The SMILES string of the molecule is Cn1cc(-n2ncc3cc(F)c(O[C@H]4CCCc5cc(C#[N+]Cn6cc(-n7ncc8cc(F)c(O[C@@H]9CCCc%10cc(C#N)cnc%109)cc87)cn6)cnc54)cc32)cn1. The maximum atomic E-state index is 15.3. The van der Waals surface area contributed by atoms with Crippen LogP contribution in [0.3, 0.4) is 0 Å². The highest BCUT2D eigenvalue weighted by Gasteiger charge is 2.27. The minimum absolute atomic E-state index is 0.0972. The Hall–Kier alpha value is -7.46. The van der Waals surface area contributed by atoms with Crippen molar-refractivity contribution in [2.45, 2.75) is 57.4 Å². The van der Waals surface area contributed by atoms with Crippen molar-refractivity contribution < 1.29 is 18.3 Å². The summed E-state index contributed by atoms with van der Waals surface area (Å²) < 4.78 is 49.8. The van der Waals surface area contributed by atoms with Crippen LogP contribution in [-0.2, 0) is 26.6 Å². The van der Waals surface area contributed by atoms with Crippen LogP contribution < -0.4 is 9.47 Å². The molecule has 2 aliphatic carbocycles. The molecule has 0 amide bonds. The summed E-state index contributed by atoms with van der Waals surface area (Å²) in [5.74, 6) is -0.725. The smallest absolute Gasteiger partial charge is 0.357 e. The van der Waals surface area contributed by atoms with Gasteiger partial charge in [0, 0.05) is 42.3 Å². The van der Waals surface area contributed by atoms with Crippen molar-refractivity contribution in [1.29, 1.82) is 5.26 Å². The monoisotopic (exact) mass is 775 g/mol. The molecule has 286 valence electrons. The molecule has 6 aromatic heterocycles. The van der Waals surface area contributed by atoms with Gasteiger partial charge in [-0.15, -0.1) is 0 Å². The second-order valence-electron chi connectivity index (χ2n) is 14.5. The standard InChI is InChI=1S/C42H33F2N12O2/c1-53-22-31(20-49-53)55-35-12-39(33(43)10-29(35)18-51-55)58-38-7-3-5-28-9-26(17-48-42(28)38)15-46-24-54-23-32(21-50-54)56-36-13-40(34(44)11-30(36)19-52-56)57-37-6-2-4-27-8-25(14-45)16-47-41(27)37/h8-13,16-23,37-38H,2-7,24H2,1H3/q+1/t37-,38+/m1/s1. The van der Waals surface area contributed by atoms with Crippen molar-refractivity contribution in [2.24, 2.45) is 7.05 Å². The van der Waals surface area contributed by atoms with Crippen LogP contribution in [0, 0.1) is 29.0 Å². The van der Waals surface area contributed by atoms with Crippen molar-refractivity contribution in [3.63, 3.8) is 0 Å². The van der Waals surface area contributed by atoms with Crippen LogP contribution in [0.25, 0.3) is 38.0 Å². The number of ether oxygens (including phenoxy) is 2. The van der Waals surface area contributed by atoms with E-state index in [1.54, 1.807) is 68.0 Å². The second kappa shape index (κ2) is 14.2. The van der Waals surface area contributed by atoms with Crippen LogP contribution in [0.2, 0.25) is 0 Å². The zero-order valence-electron chi connectivity index (χ0n) is 31.1. The van der Waals surface area contributed by atoms with Crippen molar-refractivity contribution in [3.8, 4) is 35.0 Å². The Morgan fingerprint density at radius 1 is 0.707 bits per heavy atom. The number of pyridine rings is 2. The molecule has 16 heteroatoms. The Labute approximate surface area is 329 Å². The molecule has 0 saturated carbocycles. The molecule has 2 atom stereocenters. The Balaban J connectivity index is 0.836. The van der Waals surface area contributed by atoms with Crippen LogP contribution in [0.1, 0.15) is 71.5 Å². The molecule has 0 aliphatic heterocycles. The highest BCUT2D eigenvalue weighted by Crippen LogP contribution is 2.37. The van der Waals surface area contributed by atoms with Gasteiger partial charge in [-0.1, -0.05) is 4.85 Å². The number of benzene rings is 2. The Morgan fingerprint density at radius 2 is 1.28 bits per heavy atom. The fourth-order valence-electron chi connectivity index (χ4n) is 7.81. The van der Waals surface area contributed by atoms with Crippen LogP contribution in [-0.4, -0.2) is 49.1 Å². The van der Waals surface area contributed by atoms with E-state index in [0.29, 0.717) is 51.5 Å². The lowest BCUT2D eigenvalue weighted by Crippen LogP contribution is -2.17. The van der Waals surface area contributed by atoms with Gasteiger partial charge in [-0.3, -0.25) is 14.6 Å². The molecule has 0 fully saturated rings. The van der Waals surface area contributed by atoms with Gasteiger partial charge in [0.15, 0.2) is 23.1 Å². The van der Waals surface area contributed by atoms with E-state index in [1.165, 1.54) is 18.3 Å². The molecule has 0 saturated heterocycles. The van der Waals surface area contributed by atoms with Crippen molar-refractivity contribution in [2.75, 3.05) is 0 Å². The maximum Gasteiger partial charge on any atom is 0.357 e. The predicted molar refractivity (Wildman–Crippen MR) is 207 cm³/mol. The van der Waals surface area contributed by atoms with Gasteiger partial charge in [-0.25, -0.2) is 18.1 Å². The minimum Gasteiger partial charge on any atom is -0.481 e. The fraction of sp³-hybridized carbons (Fsp3) is 0.238. The molecule has 0 bridgehead atoms. The quantitative estimate of drug-likeness (QED) is 0.161. The number of hydrogen-bond acceptors (Lipinski definition) is 9. The summed E-state index contributed by atoms with van der Waals surface area (Å²) in [5.41, 5.74) is 7.43. The largest absolute Gasteiger partial charge is 0.481 e. The molecule has 14 nitrogen and oxygen atoms in total. The summed E-state index contributed by atoms with van der Waals surface area (Å²) in [6.45, 7) is 0.185. The number of aryl methyl sites for hydroxylation is 3. The summed E-state index contributed by atoms with van der Waals surface area (Å²) in [6.07, 6.45) is 17.3. The van der Waals surface area contributed by atoms with Gasteiger partial charge in [0.05, 0.1) is 65.2 Å². The molecule has 8 aromatic rings. The number of halogens is 2. The second-order valence-corrected chi connectivity index (χ2v) is 14.5. The molecular formula is C42H33F2N12O2+. The average Bonchev–Trinajstić information content (AvgIpc) is 4.05. The molecule has 0 radical (unpaired) electrons. The first kappa shape index (κ1) is 35.0. The first-order chi connectivity index (χ1) is 28.4. The number of nitrogens with zero attached hydrogens (tertiary/aromatic N) is 12. The highest BCUT2D eigenvalue weighted by atomic mass is 19.1. The predicted octanol–water partition coefficient (Wildman–Crippen LogP) is 7.49. The molecule has 10 rings (SSSR count). The van der Waals surface area contributed by atoms with Gasteiger partial charge in [0.25, 0.3) is 0 Å². The molecule has 2 aliphatic rings. The van der Waals surface area contributed by atoms with E-state index in [0.717, 1.165) is 53.9 Å². The van der Waals surface area contributed by atoms with Gasteiger partial charge >= 0.3 is 12.7 Å². The van der Waals surface area contributed by atoms with Crippen molar-refractivity contribution in [3.05, 3.63) is 136 Å². The molecule has 6 heterocycles. The zero-order valence-corrected chi connectivity index (χ0v) is 31.1. The van der Waals surface area contributed by atoms with E-state index in [4.69, 9.17) is 14.5 Å². The molecule has 0 spiro atoms. The van der Waals surface area contributed by atoms with Crippen LogP contribution in [0.4, 0.5) is 8.78 Å². The van der Waals surface area contributed by atoms with Crippen LogP contribution in [0.5, 0.6) is 11.5 Å². The van der Waals surface area contributed by atoms with Crippen molar-refractivity contribution in [1.82, 2.24) is 49.1 Å². The van der Waals surface area contributed by atoms with E-state index < -0.39 is 23.8 Å². The third-order valence-corrected chi connectivity index (χ3v) is 10.6. The Kier molecular flexibility index (Phi) is 8.59. The van der Waals surface area contributed by atoms with Crippen LogP contribution >= 0.6 is 0 Å². The van der Waals surface area contributed by atoms with Gasteiger partial charge < -0.3 is 9.47 Å². The summed E-state index contributed by atoms with van der Waals surface area (Å²) in [4.78, 5) is 13.7. The molecular weight excluding hydrogens is 743 g/mol. The third-order valence-electron chi connectivity index (χ3n) is 10.6. The first-order valence-electron chi connectivity index (χ1n) is 18.9. The van der Waals surface area contributed by atoms with Gasteiger partial charge in [0.2, 0.25) is 0 Å². The highest BCUT2D eigenvalue weighted by molar-refractivity contribution is 5.82. The molecule has 0 N–H and O–H groups in total. The summed E-state index contributed by atoms with van der Waals surface area (Å²) in [5, 5.41) is 28.2. The van der Waals surface area contributed by atoms with E-state index in [2.05, 4.69) is 42.4 Å². The number of hydrogen-bond donors (Lipinski definition) is 0. The Morgan fingerprint density at radius 3 is 1.86 bits per heavy atom. The fourth-order valence-corrected chi connectivity index (χ4v) is 7.81. The topological polar surface area (TPSA) is 144 Å². The molecule has 0 unspecified atom stereocenters. The van der Waals surface area contributed by atoms with Crippen LogP contribution in [0.15, 0.2) is 86.0 Å². The van der Waals surface area contributed by atoms with E-state index in [1.807, 2.05) is 25.4 Å². The molecule has 58 heavy (non-hydrogen) atoms. The summed E-state index contributed by atoms with van der Waals surface area (Å²) in [7, 11) is 1.83. The first-order valence-corrected chi connectivity index (χ1v) is 18.9. The minimum atomic E-state index is -0.495. The zero-order chi connectivity index (χ0) is 39.3. The van der Waals surface area contributed by atoms with E-state index in [-0.39, 0.29) is 18.2 Å². The third kappa shape index (κ3) is 6.44. The number of aromatic nitrogens is 10. The lowest BCUT2D eigenvalue weighted by molar-refractivity contribution is 0.171. The maximum absolute atomic E-state index is 15.3. The van der Waals surface area contributed by atoms with E-state index >= 15 is 8.78 Å². The summed E-state index contributed by atoms with van der Waals surface area (Å²) in [6, 6.07) is 15.2. The molecule has 2 aromatic carbocycles. The van der Waals surface area contributed by atoms with Crippen molar-refractivity contribution >= 4 is 21.8 Å². The van der Waals surface area contributed by atoms with Gasteiger partial charge in [-0.05, 0) is 73.9 Å². The number of fused-ring (bicyclic) bond motifs is 4. The normalized spacial score (nSPS) is 16.0. The van der Waals surface area contributed by atoms with E-state index in [9.17, 15) is 5.26 Å². The summed E-state index contributed by atoms with van der Waals surface area (Å²) >= 11 is 0.